The average molecular weight is 267 g/mol. The molecule has 20 heavy (non-hydrogen) atoms. The van der Waals surface area contributed by atoms with Crippen molar-refractivity contribution in [1.29, 1.82) is 0 Å². The van der Waals surface area contributed by atoms with Crippen molar-refractivity contribution in [3.8, 4) is 0 Å². The molecule has 1 heterocycles. The normalized spacial score (nSPS) is 37.9. The molecular weight excluding hydrogens is 250 g/mol. The van der Waals surface area contributed by atoms with E-state index < -0.39 is 5.41 Å². The number of hydrogen-bond donors (Lipinski definition) is 0. The predicted molar refractivity (Wildman–Crippen MR) is 74.3 cm³/mol. The van der Waals surface area contributed by atoms with Crippen LogP contribution in [0.5, 0.6) is 0 Å². The number of fused-ring (bicyclic) bond motifs is 5. The van der Waals surface area contributed by atoms with Crippen LogP contribution in [0.1, 0.15) is 18.9 Å². The van der Waals surface area contributed by atoms with E-state index in [9.17, 15) is 9.59 Å². The molecule has 3 heteroatoms. The maximum absolute atomic E-state index is 12.8. The summed E-state index contributed by atoms with van der Waals surface area (Å²) in [7, 11) is 0. The van der Waals surface area contributed by atoms with Crippen LogP contribution in [-0.4, -0.2) is 16.7 Å². The molecule has 0 spiro atoms. The molecule has 3 nitrogen and oxygen atoms in total. The molecule has 2 aliphatic carbocycles. The first-order chi connectivity index (χ1) is 9.62. The topological polar surface area (TPSA) is 37.4 Å². The molecule has 4 atom stereocenters. The van der Waals surface area contributed by atoms with Gasteiger partial charge in [-0.25, -0.2) is 0 Å². The third-order valence-electron chi connectivity index (χ3n) is 5.38. The zero-order valence-corrected chi connectivity index (χ0v) is 11.5. The monoisotopic (exact) mass is 267 g/mol. The Labute approximate surface area is 118 Å². The number of benzene rings is 1. The van der Waals surface area contributed by atoms with Gasteiger partial charge in [0, 0.05) is 0 Å². The van der Waals surface area contributed by atoms with E-state index in [1.54, 1.807) is 0 Å². The number of amides is 2. The Bertz CT molecular complexity index is 621. The Morgan fingerprint density at radius 3 is 2.65 bits per heavy atom. The molecule has 1 saturated carbocycles. The van der Waals surface area contributed by atoms with Crippen LogP contribution in [0.3, 0.4) is 0 Å². The summed E-state index contributed by atoms with van der Waals surface area (Å²) < 4.78 is 0. The Morgan fingerprint density at radius 1 is 1.20 bits per heavy atom. The third kappa shape index (κ3) is 1.30. The van der Waals surface area contributed by atoms with Crippen molar-refractivity contribution in [2.24, 2.45) is 23.2 Å². The maximum atomic E-state index is 12.8. The molecule has 1 aromatic rings. The number of imide groups is 1. The van der Waals surface area contributed by atoms with Crippen LogP contribution in [0, 0.1) is 23.2 Å². The van der Waals surface area contributed by atoms with Gasteiger partial charge in [-0.05, 0) is 30.7 Å². The molecule has 1 aromatic carbocycles. The van der Waals surface area contributed by atoms with Crippen LogP contribution in [-0.2, 0) is 16.1 Å². The number of carbonyl (C=O) groups excluding carboxylic acids is 2. The molecule has 4 rings (SSSR count). The molecule has 0 radical (unpaired) electrons. The minimum Gasteiger partial charge on any atom is -0.277 e. The summed E-state index contributed by atoms with van der Waals surface area (Å²) in [6, 6.07) is 9.74. The average Bonchev–Trinajstić information content (AvgIpc) is 3.08. The zero-order chi connectivity index (χ0) is 13.9. The second-order valence-corrected chi connectivity index (χ2v) is 6.37. The number of nitrogens with zero attached hydrogens (tertiary/aromatic N) is 1. The number of hydrogen-bond acceptors (Lipinski definition) is 2. The van der Waals surface area contributed by atoms with Gasteiger partial charge in [0.1, 0.15) is 0 Å². The van der Waals surface area contributed by atoms with Gasteiger partial charge in [-0.1, -0.05) is 42.5 Å². The van der Waals surface area contributed by atoms with Gasteiger partial charge < -0.3 is 0 Å². The first-order valence-electron chi connectivity index (χ1n) is 7.20. The fourth-order valence-electron chi connectivity index (χ4n) is 4.30. The van der Waals surface area contributed by atoms with Crippen molar-refractivity contribution in [2.45, 2.75) is 19.9 Å². The van der Waals surface area contributed by atoms with Crippen molar-refractivity contribution in [1.82, 2.24) is 4.90 Å². The largest absolute Gasteiger partial charge is 0.277 e. The summed E-state index contributed by atoms with van der Waals surface area (Å²) in [5.41, 5.74) is 0.517. The Morgan fingerprint density at radius 2 is 1.95 bits per heavy atom. The van der Waals surface area contributed by atoms with Crippen LogP contribution in [0.4, 0.5) is 0 Å². The van der Waals surface area contributed by atoms with Gasteiger partial charge >= 0.3 is 0 Å². The quantitative estimate of drug-likeness (QED) is 0.609. The van der Waals surface area contributed by atoms with Crippen LogP contribution in [0.25, 0.3) is 0 Å². The molecule has 1 aliphatic heterocycles. The number of likely N-dealkylation sites (tertiary alicyclic amines) is 1. The zero-order valence-electron chi connectivity index (χ0n) is 11.5. The maximum Gasteiger partial charge on any atom is 0.236 e. The summed E-state index contributed by atoms with van der Waals surface area (Å²) in [5.74, 6) is 0.428. The molecule has 3 aliphatic rings. The highest BCUT2D eigenvalue weighted by molar-refractivity contribution is 6.08. The van der Waals surface area contributed by atoms with E-state index in [4.69, 9.17) is 0 Å². The van der Waals surface area contributed by atoms with Gasteiger partial charge in [0.25, 0.3) is 0 Å². The van der Waals surface area contributed by atoms with E-state index in [1.165, 1.54) is 4.90 Å². The summed E-state index contributed by atoms with van der Waals surface area (Å²) >= 11 is 0. The molecule has 0 aromatic heterocycles. The summed E-state index contributed by atoms with van der Waals surface area (Å²) in [6.07, 6.45) is 5.24. The highest BCUT2D eigenvalue weighted by Crippen LogP contribution is 2.60. The van der Waals surface area contributed by atoms with Crippen LogP contribution in [0.2, 0.25) is 0 Å². The van der Waals surface area contributed by atoms with Crippen molar-refractivity contribution < 1.29 is 9.59 Å². The van der Waals surface area contributed by atoms with Crippen molar-refractivity contribution in [3.63, 3.8) is 0 Å². The molecular formula is C17H17NO2. The van der Waals surface area contributed by atoms with Gasteiger partial charge in [0.15, 0.2) is 0 Å². The third-order valence-corrected chi connectivity index (χ3v) is 5.38. The fraction of sp³-hybridized carbons (Fsp3) is 0.412. The lowest BCUT2D eigenvalue weighted by atomic mass is 9.71. The van der Waals surface area contributed by atoms with E-state index in [0.29, 0.717) is 6.54 Å². The second-order valence-electron chi connectivity index (χ2n) is 6.37. The lowest BCUT2D eigenvalue weighted by Gasteiger charge is -2.28. The second kappa shape index (κ2) is 3.81. The molecule has 0 N–H and O–H groups in total. The summed E-state index contributed by atoms with van der Waals surface area (Å²) in [5, 5.41) is 0. The molecule has 2 bridgehead atoms. The highest BCUT2D eigenvalue weighted by Gasteiger charge is 2.66. The minimum absolute atomic E-state index is 0.0215. The van der Waals surface area contributed by atoms with Gasteiger partial charge in [-0.2, -0.15) is 0 Å². The van der Waals surface area contributed by atoms with Crippen molar-refractivity contribution >= 4 is 11.8 Å². The van der Waals surface area contributed by atoms with E-state index in [-0.39, 0.29) is 29.6 Å². The van der Waals surface area contributed by atoms with E-state index in [0.717, 1.165) is 12.0 Å². The van der Waals surface area contributed by atoms with Crippen molar-refractivity contribution in [2.75, 3.05) is 0 Å². The van der Waals surface area contributed by atoms with E-state index in [2.05, 4.69) is 12.2 Å². The Balaban J connectivity index is 1.68. The SMILES string of the molecule is C[C@@]12C(=O)N(Cc3ccccc3)C(=O)[C@H]1[C@H]1C=C[C@@H]2C1. The number of carbonyl (C=O) groups is 2. The molecule has 2 amide bonds. The molecule has 0 unspecified atom stereocenters. The fourth-order valence-corrected chi connectivity index (χ4v) is 4.30. The van der Waals surface area contributed by atoms with Crippen LogP contribution >= 0.6 is 0 Å². The van der Waals surface area contributed by atoms with Gasteiger partial charge in [-0.3, -0.25) is 14.5 Å². The highest BCUT2D eigenvalue weighted by atomic mass is 16.2. The molecule has 1 saturated heterocycles. The van der Waals surface area contributed by atoms with E-state index in [1.807, 2.05) is 37.3 Å². The summed E-state index contributed by atoms with van der Waals surface area (Å²) in [4.78, 5) is 26.9. The Kier molecular flexibility index (Phi) is 2.27. The van der Waals surface area contributed by atoms with Gasteiger partial charge in [0.2, 0.25) is 11.8 Å². The van der Waals surface area contributed by atoms with Crippen LogP contribution in [0.15, 0.2) is 42.5 Å². The minimum atomic E-state index is -0.495. The lowest BCUT2D eigenvalue weighted by Crippen LogP contribution is -2.37. The first kappa shape index (κ1) is 11.9. The lowest BCUT2D eigenvalue weighted by molar-refractivity contribution is -0.142. The first-order valence-corrected chi connectivity index (χ1v) is 7.20. The van der Waals surface area contributed by atoms with Crippen molar-refractivity contribution in [3.05, 3.63) is 48.0 Å². The van der Waals surface area contributed by atoms with Gasteiger partial charge in [0.05, 0.1) is 17.9 Å². The molecule has 2 fully saturated rings. The number of allylic oxidation sites excluding steroid dienone is 2. The van der Waals surface area contributed by atoms with Crippen LogP contribution < -0.4 is 0 Å². The predicted octanol–water partition coefficient (Wildman–Crippen LogP) is 2.38. The van der Waals surface area contributed by atoms with Gasteiger partial charge in [-0.15, -0.1) is 0 Å². The Hall–Kier alpha value is -1.90. The number of rotatable bonds is 2. The standard InChI is InChI=1S/C17H17NO2/c1-17-13-8-7-12(9-13)14(17)15(19)18(16(17)20)10-11-5-3-2-4-6-11/h2-8,12-14H,9-10H2,1H3/t12-,13+,14+,17-/m0/s1. The summed E-state index contributed by atoms with van der Waals surface area (Å²) in [6.45, 7) is 2.39. The smallest absolute Gasteiger partial charge is 0.236 e. The van der Waals surface area contributed by atoms with E-state index >= 15 is 0 Å². The molecule has 102 valence electrons.